The topological polar surface area (TPSA) is 87.2 Å². The van der Waals surface area contributed by atoms with Gasteiger partial charge in [0.1, 0.15) is 5.84 Å². The Morgan fingerprint density at radius 1 is 1.60 bits per heavy atom. The van der Waals surface area contributed by atoms with E-state index in [-0.39, 0.29) is 24.0 Å². The summed E-state index contributed by atoms with van der Waals surface area (Å²) in [5.41, 5.74) is 4.95. The highest BCUT2D eigenvalue weighted by molar-refractivity contribution is 8.00. The quantitative estimate of drug-likeness (QED) is 0.429. The molecule has 0 spiro atoms. The van der Waals surface area contributed by atoms with Gasteiger partial charge in [0.05, 0.1) is 11.5 Å². The Kier molecular flexibility index (Phi) is 8.22. The number of thioether (sulfide) groups is 1. The minimum atomic E-state index is -0.874. The summed E-state index contributed by atoms with van der Waals surface area (Å²) in [6.45, 7) is 0. The summed E-state index contributed by atoms with van der Waals surface area (Å²) in [6, 6.07) is 0. The Morgan fingerprint density at radius 3 is 2.40 bits per heavy atom. The standard InChI is InChI=1S/C4H8N2O2S.ClH/c5-3(6)1-9-2-4(7)8;/h1-2H2,(H3,5,6)(H,7,8);1H. The Hall–Kier alpha value is -0.420. The number of carboxylic acids is 1. The van der Waals surface area contributed by atoms with Crippen LogP contribution in [0.25, 0.3) is 0 Å². The molecule has 0 aromatic rings. The molecule has 0 fully saturated rings. The largest absolute Gasteiger partial charge is 0.481 e. The van der Waals surface area contributed by atoms with Gasteiger partial charge in [-0.1, -0.05) is 0 Å². The highest BCUT2D eigenvalue weighted by Crippen LogP contribution is 1.96. The zero-order valence-electron chi connectivity index (χ0n) is 5.16. The summed E-state index contributed by atoms with van der Waals surface area (Å²) in [5, 5.41) is 14.8. The lowest BCUT2D eigenvalue weighted by molar-refractivity contribution is -0.133. The lowest BCUT2D eigenvalue weighted by Gasteiger charge is -1.92. The molecule has 0 rings (SSSR count). The zero-order valence-corrected chi connectivity index (χ0v) is 6.80. The Morgan fingerprint density at radius 2 is 2.10 bits per heavy atom. The van der Waals surface area contributed by atoms with Gasteiger partial charge in [-0.3, -0.25) is 10.2 Å². The molecule has 0 atom stereocenters. The maximum absolute atomic E-state index is 9.85. The van der Waals surface area contributed by atoms with Crippen molar-refractivity contribution in [2.45, 2.75) is 0 Å². The third kappa shape index (κ3) is 10.5. The highest BCUT2D eigenvalue weighted by atomic mass is 35.5. The van der Waals surface area contributed by atoms with Gasteiger partial charge in [-0.25, -0.2) is 0 Å². The van der Waals surface area contributed by atoms with Crippen molar-refractivity contribution in [3.63, 3.8) is 0 Å². The van der Waals surface area contributed by atoms with E-state index >= 15 is 0 Å². The van der Waals surface area contributed by atoms with Gasteiger partial charge < -0.3 is 10.8 Å². The van der Waals surface area contributed by atoms with Crippen molar-refractivity contribution >= 4 is 36.0 Å². The molecule has 10 heavy (non-hydrogen) atoms. The van der Waals surface area contributed by atoms with Crippen LogP contribution in [0, 0.1) is 5.41 Å². The Labute approximate surface area is 69.1 Å². The predicted octanol–water partition coefficient (Wildman–Crippen LogP) is 0.162. The molecule has 4 nitrogen and oxygen atoms in total. The van der Waals surface area contributed by atoms with Crippen LogP contribution in [0.2, 0.25) is 0 Å². The van der Waals surface area contributed by atoms with Crippen molar-refractivity contribution in [3.05, 3.63) is 0 Å². The maximum atomic E-state index is 9.85. The van der Waals surface area contributed by atoms with Crippen molar-refractivity contribution in [2.75, 3.05) is 11.5 Å². The van der Waals surface area contributed by atoms with Gasteiger partial charge in [0.15, 0.2) is 0 Å². The molecule has 0 aliphatic rings. The fourth-order valence-electron chi connectivity index (χ4n) is 0.248. The lowest BCUT2D eigenvalue weighted by Crippen LogP contribution is -2.13. The molecule has 0 radical (unpaired) electrons. The van der Waals surface area contributed by atoms with E-state index in [1.807, 2.05) is 0 Å². The highest BCUT2D eigenvalue weighted by Gasteiger charge is 1.96. The molecule has 60 valence electrons. The third-order valence-electron chi connectivity index (χ3n) is 0.483. The number of halogens is 1. The van der Waals surface area contributed by atoms with Gasteiger partial charge in [0.25, 0.3) is 0 Å². The van der Waals surface area contributed by atoms with Gasteiger partial charge in [0.2, 0.25) is 0 Å². The van der Waals surface area contributed by atoms with Gasteiger partial charge in [-0.2, -0.15) is 0 Å². The fourth-order valence-corrected chi connectivity index (χ4v) is 0.745. The van der Waals surface area contributed by atoms with Crippen molar-refractivity contribution in [3.8, 4) is 0 Å². The molecule has 0 aromatic carbocycles. The average Bonchev–Trinajstić information content (AvgIpc) is 1.63. The summed E-state index contributed by atoms with van der Waals surface area (Å²) in [4.78, 5) is 9.85. The first kappa shape index (κ1) is 12.3. The van der Waals surface area contributed by atoms with E-state index in [4.69, 9.17) is 16.2 Å². The van der Waals surface area contributed by atoms with Gasteiger partial charge in [-0.05, 0) is 0 Å². The molecule has 0 unspecified atom stereocenters. The third-order valence-corrected chi connectivity index (χ3v) is 1.45. The van der Waals surface area contributed by atoms with E-state index in [1.165, 1.54) is 0 Å². The van der Waals surface area contributed by atoms with Crippen LogP contribution in [0.1, 0.15) is 0 Å². The van der Waals surface area contributed by atoms with E-state index in [1.54, 1.807) is 0 Å². The van der Waals surface area contributed by atoms with Crippen LogP contribution in [-0.2, 0) is 4.79 Å². The molecular formula is C4H9ClN2O2S. The van der Waals surface area contributed by atoms with Gasteiger partial charge in [-0.15, -0.1) is 24.2 Å². The smallest absolute Gasteiger partial charge is 0.313 e. The van der Waals surface area contributed by atoms with Crippen LogP contribution in [0.5, 0.6) is 0 Å². The first-order valence-electron chi connectivity index (χ1n) is 2.25. The Balaban J connectivity index is 0. The molecule has 0 aliphatic carbocycles. The van der Waals surface area contributed by atoms with Crippen molar-refractivity contribution < 1.29 is 9.90 Å². The van der Waals surface area contributed by atoms with Crippen LogP contribution >= 0.6 is 24.2 Å². The summed E-state index contributed by atoms with van der Waals surface area (Å²) >= 11 is 1.12. The second-order valence-electron chi connectivity index (χ2n) is 1.41. The number of nitrogens with one attached hydrogen (secondary N) is 1. The average molecular weight is 185 g/mol. The van der Waals surface area contributed by atoms with E-state index < -0.39 is 5.97 Å². The van der Waals surface area contributed by atoms with Crippen molar-refractivity contribution in [1.82, 2.24) is 0 Å². The summed E-state index contributed by atoms with van der Waals surface area (Å²) in [7, 11) is 0. The Bertz CT molecular complexity index is 116. The summed E-state index contributed by atoms with van der Waals surface area (Å²) < 4.78 is 0. The van der Waals surface area contributed by atoms with E-state index in [2.05, 4.69) is 0 Å². The van der Waals surface area contributed by atoms with Crippen LogP contribution in [0.15, 0.2) is 0 Å². The molecule has 0 heterocycles. The van der Waals surface area contributed by atoms with Crippen LogP contribution in [-0.4, -0.2) is 28.4 Å². The molecule has 0 saturated heterocycles. The number of hydrogen-bond donors (Lipinski definition) is 3. The molecule has 0 amide bonds. The molecular weight excluding hydrogens is 176 g/mol. The number of carboxylic acid groups (broad SMARTS) is 1. The number of hydrogen-bond acceptors (Lipinski definition) is 3. The van der Waals surface area contributed by atoms with Crippen molar-refractivity contribution in [1.29, 1.82) is 5.41 Å². The lowest BCUT2D eigenvalue weighted by atomic mass is 10.7. The molecule has 0 bridgehead atoms. The minimum absolute atomic E-state index is 0. The molecule has 6 heteroatoms. The molecule has 0 saturated carbocycles. The molecule has 0 aliphatic heterocycles. The van der Waals surface area contributed by atoms with Crippen LogP contribution in [0.4, 0.5) is 0 Å². The maximum Gasteiger partial charge on any atom is 0.313 e. The van der Waals surface area contributed by atoms with Crippen LogP contribution < -0.4 is 5.73 Å². The number of rotatable bonds is 4. The second kappa shape index (κ2) is 6.70. The number of nitrogens with two attached hydrogens (primary N) is 1. The van der Waals surface area contributed by atoms with E-state index in [0.29, 0.717) is 5.75 Å². The van der Waals surface area contributed by atoms with E-state index in [9.17, 15) is 4.79 Å². The normalized spacial score (nSPS) is 8.00. The van der Waals surface area contributed by atoms with E-state index in [0.717, 1.165) is 11.8 Å². The molecule has 0 aromatic heterocycles. The monoisotopic (exact) mass is 184 g/mol. The van der Waals surface area contributed by atoms with Crippen LogP contribution in [0.3, 0.4) is 0 Å². The zero-order chi connectivity index (χ0) is 7.28. The second-order valence-corrected chi connectivity index (χ2v) is 2.40. The van der Waals surface area contributed by atoms with Gasteiger partial charge >= 0.3 is 5.97 Å². The minimum Gasteiger partial charge on any atom is -0.481 e. The first-order valence-corrected chi connectivity index (χ1v) is 3.41. The fraction of sp³-hybridized carbons (Fsp3) is 0.500. The summed E-state index contributed by atoms with van der Waals surface area (Å²) in [5.74, 6) is -0.547. The predicted molar refractivity (Wildman–Crippen MR) is 44.1 cm³/mol. The SMILES string of the molecule is Cl.N=C(N)CSCC(=O)O. The first-order chi connectivity index (χ1) is 4.13. The number of amidine groups is 1. The van der Waals surface area contributed by atoms with Crippen molar-refractivity contribution in [2.24, 2.45) is 5.73 Å². The molecule has 4 N–H and O–H groups in total. The number of carbonyl (C=O) groups is 1. The summed E-state index contributed by atoms with van der Waals surface area (Å²) in [6.07, 6.45) is 0. The number of aliphatic carboxylic acids is 1. The van der Waals surface area contributed by atoms with Gasteiger partial charge in [0, 0.05) is 0 Å².